The highest BCUT2D eigenvalue weighted by molar-refractivity contribution is 5.78. The molecule has 2 aromatic rings. The number of furan rings is 1. The number of piperidine rings is 1. The van der Waals surface area contributed by atoms with E-state index in [0.29, 0.717) is 13.0 Å². The number of likely N-dealkylation sites (tertiary alicyclic amines) is 1. The van der Waals surface area contributed by atoms with E-state index in [1.165, 1.54) is 19.3 Å². The van der Waals surface area contributed by atoms with Crippen LogP contribution in [-0.4, -0.2) is 37.6 Å². The molecule has 0 radical (unpaired) electrons. The number of nitrogens with one attached hydrogen (secondary N) is 1. The zero-order valence-corrected chi connectivity index (χ0v) is 14.7. The van der Waals surface area contributed by atoms with Crippen molar-refractivity contribution in [1.29, 1.82) is 0 Å². The lowest BCUT2D eigenvalue weighted by molar-refractivity contribution is -0.120. The predicted octanol–water partition coefficient (Wildman–Crippen LogP) is 3.17. The van der Waals surface area contributed by atoms with Gasteiger partial charge in [-0.2, -0.15) is 0 Å². The first-order valence-corrected chi connectivity index (χ1v) is 8.93. The van der Waals surface area contributed by atoms with E-state index >= 15 is 0 Å². The Kier molecular flexibility index (Phi) is 6.12. The number of ether oxygens (including phenoxy) is 1. The Morgan fingerprint density at radius 1 is 1.24 bits per heavy atom. The first-order chi connectivity index (χ1) is 12.3. The van der Waals surface area contributed by atoms with Crippen molar-refractivity contribution in [2.75, 3.05) is 26.7 Å². The van der Waals surface area contributed by atoms with Crippen LogP contribution in [0.4, 0.5) is 0 Å². The third-order valence-corrected chi connectivity index (χ3v) is 4.69. The van der Waals surface area contributed by atoms with Gasteiger partial charge in [0.05, 0.1) is 25.8 Å². The minimum atomic E-state index is 0.0156. The zero-order chi connectivity index (χ0) is 17.5. The first-order valence-electron chi connectivity index (χ1n) is 8.93. The minimum absolute atomic E-state index is 0.0156. The second kappa shape index (κ2) is 8.72. The average molecular weight is 342 g/mol. The van der Waals surface area contributed by atoms with Gasteiger partial charge in [-0.05, 0) is 55.8 Å². The van der Waals surface area contributed by atoms with Gasteiger partial charge in [-0.15, -0.1) is 0 Å². The Balaban J connectivity index is 1.59. The van der Waals surface area contributed by atoms with E-state index in [9.17, 15) is 4.79 Å². The highest BCUT2D eigenvalue weighted by Crippen LogP contribution is 2.24. The van der Waals surface area contributed by atoms with Gasteiger partial charge < -0.3 is 14.5 Å². The Hall–Kier alpha value is -2.27. The van der Waals surface area contributed by atoms with Crippen LogP contribution in [-0.2, 0) is 11.2 Å². The van der Waals surface area contributed by atoms with Gasteiger partial charge in [-0.25, -0.2) is 0 Å². The second-order valence-corrected chi connectivity index (χ2v) is 6.46. The number of hydrogen-bond acceptors (Lipinski definition) is 4. The third kappa shape index (κ3) is 4.86. The Morgan fingerprint density at radius 2 is 2.08 bits per heavy atom. The van der Waals surface area contributed by atoms with Crippen molar-refractivity contribution in [3.05, 3.63) is 54.0 Å². The molecule has 1 amide bonds. The first kappa shape index (κ1) is 17.5. The largest absolute Gasteiger partial charge is 0.497 e. The summed E-state index contributed by atoms with van der Waals surface area (Å²) < 4.78 is 10.8. The molecule has 0 bridgehead atoms. The number of carbonyl (C=O) groups is 1. The second-order valence-electron chi connectivity index (χ2n) is 6.46. The van der Waals surface area contributed by atoms with E-state index in [-0.39, 0.29) is 11.9 Å². The number of hydrogen-bond donors (Lipinski definition) is 1. The Labute approximate surface area is 149 Å². The fourth-order valence-electron chi connectivity index (χ4n) is 3.36. The molecule has 1 saturated heterocycles. The SMILES string of the molecule is COc1cccc(CC(=O)NC[C@H](c2ccco2)N2CCCCC2)c1. The molecule has 25 heavy (non-hydrogen) atoms. The van der Waals surface area contributed by atoms with Crippen LogP contribution in [0, 0.1) is 0 Å². The van der Waals surface area contributed by atoms with Gasteiger partial charge in [0, 0.05) is 6.54 Å². The number of amides is 1. The van der Waals surface area contributed by atoms with Crippen molar-refractivity contribution in [1.82, 2.24) is 10.2 Å². The fourth-order valence-corrected chi connectivity index (χ4v) is 3.36. The summed E-state index contributed by atoms with van der Waals surface area (Å²) in [4.78, 5) is 14.8. The molecule has 134 valence electrons. The average Bonchev–Trinajstić information content (AvgIpc) is 3.17. The lowest BCUT2D eigenvalue weighted by Gasteiger charge is -2.33. The lowest BCUT2D eigenvalue weighted by atomic mass is 10.1. The van der Waals surface area contributed by atoms with Crippen LogP contribution in [0.25, 0.3) is 0 Å². The van der Waals surface area contributed by atoms with Crippen LogP contribution in [0.1, 0.15) is 36.6 Å². The molecule has 1 aliphatic rings. The summed E-state index contributed by atoms with van der Waals surface area (Å²) in [6, 6.07) is 11.6. The van der Waals surface area contributed by atoms with Crippen LogP contribution in [0.3, 0.4) is 0 Å². The van der Waals surface area contributed by atoms with Crippen molar-refractivity contribution in [3.8, 4) is 5.75 Å². The molecular formula is C20H26N2O3. The van der Waals surface area contributed by atoms with Crippen LogP contribution < -0.4 is 10.1 Å². The molecule has 1 aromatic heterocycles. The van der Waals surface area contributed by atoms with Crippen LogP contribution in [0.2, 0.25) is 0 Å². The fraction of sp³-hybridized carbons (Fsp3) is 0.450. The molecule has 1 aromatic carbocycles. The van der Waals surface area contributed by atoms with Gasteiger partial charge in [-0.1, -0.05) is 18.6 Å². The summed E-state index contributed by atoms with van der Waals surface area (Å²) in [7, 11) is 1.63. The van der Waals surface area contributed by atoms with Gasteiger partial charge in [0.1, 0.15) is 11.5 Å². The summed E-state index contributed by atoms with van der Waals surface area (Å²) in [5.41, 5.74) is 0.948. The minimum Gasteiger partial charge on any atom is -0.497 e. The monoisotopic (exact) mass is 342 g/mol. The van der Waals surface area contributed by atoms with E-state index in [1.54, 1.807) is 13.4 Å². The van der Waals surface area contributed by atoms with Crippen LogP contribution in [0.15, 0.2) is 47.1 Å². The standard InChI is InChI=1S/C20H26N2O3/c1-24-17-8-5-7-16(13-17)14-20(23)21-15-18(19-9-6-12-25-19)22-10-3-2-4-11-22/h5-9,12-13,18H,2-4,10-11,14-15H2,1H3,(H,21,23)/t18-/m1/s1. The van der Waals surface area contributed by atoms with Crippen molar-refractivity contribution in [2.45, 2.75) is 31.7 Å². The number of rotatable bonds is 7. The molecule has 1 fully saturated rings. The maximum absolute atomic E-state index is 12.4. The summed E-state index contributed by atoms with van der Waals surface area (Å²) in [5, 5.41) is 3.07. The number of benzene rings is 1. The van der Waals surface area contributed by atoms with E-state index in [4.69, 9.17) is 9.15 Å². The van der Waals surface area contributed by atoms with Gasteiger partial charge in [-0.3, -0.25) is 9.69 Å². The smallest absolute Gasteiger partial charge is 0.224 e. The summed E-state index contributed by atoms with van der Waals surface area (Å²) >= 11 is 0. The third-order valence-electron chi connectivity index (χ3n) is 4.69. The molecule has 0 unspecified atom stereocenters. The Morgan fingerprint density at radius 3 is 2.80 bits per heavy atom. The number of carbonyl (C=O) groups excluding carboxylic acids is 1. The number of nitrogens with zero attached hydrogens (tertiary/aromatic N) is 1. The van der Waals surface area contributed by atoms with Gasteiger partial charge in [0.25, 0.3) is 0 Å². The zero-order valence-electron chi connectivity index (χ0n) is 14.7. The van der Waals surface area contributed by atoms with E-state index < -0.39 is 0 Å². The van der Waals surface area contributed by atoms with E-state index in [1.807, 2.05) is 36.4 Å². The van der Waals surface area contributed by atoms with Gasteiger partial charge >= 0.3 is 0 Å². The molecule has 1 atom stereocenters. The molecule has 5 heteroatoms. The molecular weight excluding hydrogens is 316 g/mol. The normalized spacial score (nSPS) is 16.4. The molecule has 1 aliphatic heterocycles. The van der Waals surface area contributed by atoms with Crippen molar-refractivity contribution < 1.29 is 13.9 Å². The predicted molar refractivity (Wildman–Crippen MR) is 96.6 cm³/mol. The highest BCUT2D eigenvalue weighted by Gasteiger charge is 2.24. The maximum atomic E-state index is 12.4. The molecule has 1 N–H and O–H groups in total. The maximum Gasteiger partial charge on any atom is 0.224 e. The molecule has 0 saturated carbocycles. The molecule has 0 spiro atoms. The Bertz CT molecular complexity index is 663. The van der Waals surface area contributed by atoms with Crippen LogP contribution in [0.5, 0.6) is 5.75 Å². The van der Waals surface area contributed by atoms with Gasteiger partial charge in [0.2, 0.25) is 5.91 Å². The topological polar surface area (TPSA) is 54.7 Å². The van der Waals surface area contributed by atoms with Crippen molar-refractivity contribution in [2.24, 2.45) is 0 Å². The molecule has 0 aliphatic carbocycles. The van der Waals surface area contributed by atoms with E-state index in [0.717, 1.165) is 30.2 Å². The summed E-state index contributed by atoms with van der Waals surface area (Å²) in [6.07, 6.45) is 5.74. The van der Waals surface area contributed by atoms with Crippen LogP contribution >= 0.6 is 0 Å². The molecule has 5 nitrogen and oxygen atoms in total. The summed E-state index contributed by atoms with van der Waals surface area (Å²) in [5.74, 6) is 1.71. The molecule has 2 heterocycles. The van der Waals surface area contributed by atoms with Crippen molar-refractivity contribution >= 4 is 5.91 Å². The number of methoxy groups -OCH3 is 1. The van der Waals surface area contributed by atoms with Crippen molar-refractivity contribution in [3.63, 3.8) is 0 Å². The highest BCUT2D eigenvalue weighted by atomic mass is 16.5. The van der Waals surface area contributed by atoms with E-state index in [2.05, 4.69) is 10.2 Å². The quantitative estimate of drug-likeness (QED) is 0.840. The summed E-state index contributed by atoms with van der Waals surface area (Å²) in [6.45, 7) is 2.67. The molecule has 3 rings (SSSR count). The lowest BCUT2D eigenvalue weighted by Crippen LogP contribution is -2.40. The van der Waals surface area contributed by atoms with Gasteiger partial charge in [0.15, 0.2) is 0 Å².